The van der Waals surface area contributed by atoms with E-state index in [0.29, 0.717) is 18.8 Å². The summed E-state index contributed by atoms with van der Waals surface area (Å²) >= 11 is 0. The fraction of sp³-hybridized carbons (Fsp3) is 0.606. The van der Waals surface area contributed by atoms with Crippen molar-refractivity contribution in [3.8, 4) is 0 Å². The second kappa shape index (κ2) is 17.6. The summed E-state index contributed by atoms with van der Waals surface area (Å²) in [5.74, 6) is -2.14. The van der Waals surface area contributed by atoms with Crippen molar-refractivity contribution >= 4 is 23.5 Å². The van der Waals surface area contributed by atoms with E-state index in [2.05, 4.69) is 20.9 Å². The predicted octanol–water partition coefficient (Wildman–Crippen LogP) is 5.39. The number of carbonyl (C=O) groups is 4. The van der Waals surface area contributed by atoms with E-state index in [1.807, 2.05) is 58.0 Å². The quantitative estimate of drug-likeness (QED) is 0.128. The highest BCUT2D eigenvalue weighted by Gasteiger charge is 2.36. The molecule has 0 unspecified atom stereocenters. The van der Waals surface area contributed by atoms with Crippen LogP contribution in [0.3, 0.4) is 0 Å². The Balaban J connectivity index is 1.75. The third-order valence-electron chi connectivity index (χ3n) is 7.91. The van der Waals surface area contributed by atoms with Crippen LogP contribution in [0.4, 0.5) is 0 Å². The molecule has 1 aliphatic rings. The van der Waals surface area contributed by atoms with Gasteiger partial charge in [-0.1, -0.05) is 96.6 Å². The van der Waals surface area contributed by atoms with Crippen LogP contribution in [0.5, 0.6) is 0 Å². The first-order valence-corrected chi connectivity index (χ1v) is 15.7. The molecule has 2 atom stereocenters. The van der Waals surface area contributed by atoms with Crippen molar-refractivity contribution in [3.05, 3.63) is 54.1 Å². The van der Waals surface area contributed by atoms with Crippen molar-refractivity contribution in [1.82, 2.24) is 25.9 Å². The second-order valence-corrected chi connectivity index (χ2v) is 12.6. The summed E-state index contributed by atoms with van der Waals surface area (Å²) in [6.45, 7) is 8.31. The fourth-order valence-electron chi connectivity index (χ4n) is 5.77. The molecule has 0 saturated heterocycles. The summed E-state index contributed by atoms with van der Waals surface area (Å²) in [6, 6.07) is 9.55. The maximum atomic E-state index is 13.9. The highest BCUT2D eigenvalue weighted by atomic mass is 16.6. The second-order valence-electron chi connectivity index (χ2n) is 12.6. The molecule has 1 aromatic carbocycles. The van der Waals surface area contributed by atoms with E-state index in [-0.39, 0.29) is 36.7 Å². The standard InChI is InChI=1S/C33H49N5O5/c1-23(2)19-28(32(41)36-38(21-24(3)4)30(40)20-29(39)31-34-17-18-35-31)27(16-10-15-25-11-8-9-12-25)33(42)37-43-22-26-13-6-5-7-14-26/h5-7,13-14,17-18,23-25,27-28H,8-12,15-16,19-22H2,1-4H3,(H,34,35)(H,36,41)(H,37,42)/t27-,28+/m0/s1. The largest absolute Gasteiger partial charge is 0.342 e. The Morgan fingerprint density at radius 1 is 1.00 bits per heavy atom. The summed E-state index contributed by atoms with van der Waals surface area (Å²) < 4.78 is 0. The average molecular weight is 596 g/mol. The maximum absolute atomic E-state index is 13.9. The Hall–Kier alpha value is -3.53. The zero-order chi connectivity index (χ0) is 31.2. The summed E-state index contributed by atoms with van der Waals surface area (Å²) in [5.41, 5.74) is 6.33. The zero-order valence-corrected chi connectivity index (χ0v) is 26.1. The molecule has 10 nitrogen and oxygen atoms in total. The normalized spacial score (nSPS) is 14.9. The Bertz CT molecular complexity index is 1150. The van der Waals surface area contributed by atoms with Crippen LogP contribution in [-0.4, -0.2) is 45.0 Å². The van der Waals surface area contributed by atoms with Gasteiger partial charge in [-0.2, -0.15) is 0 Å². The Labute approximate surface area is 255 Å². The summed E-state index contributed by atoms with van der Waals surface area (Å²) in [5, 5.41) is 1.22. The molecule has 10 heteroatoms. The number of imidazole rings is 1. The number of hydrogen-bond acceptors (Lipinski definition) is 6. The van der Waals surface area contributed by atoms with Gasteiger partial charge in [0.05, 0.1) is 24.9 Å². The molecule has 1 fully saturated rings. The maximum Gasteiger partial charge on any atom is 0.248 e. The molecule has 0 bridgehead atoms. The molecule has 1 aromatic heterocycles. The smallest absolute Gasteiger partial charge is 0.248 e. The van der Waals surface area contributed by atoms with Crippen LogP contribution in [-0.2, 0) is 25.8 Å². The lowest BCUT2D eigenvalue weighted by Crippen LogP contribution is -2.52. The molecule has 3 N–H and O–H groups in total. The van der Waals surface area contributed by atoms with Crippen LogP contribution in [0.25, 0.3) is 0 Å². The molecule has 1 heterocycles. The molecule has 43 heavy (non-hydrogen) atoms. The van der Waals surface area contributed by atoms with Crippen LogP contribution >= 0.6 is 0 Å². The Morgan fingerprint density at radius 2 is 1.72 bits per heavy atom. The van der Waals surface area contributed by atoms with E-state index in [0.717, 1.165) is 18.4 Å². The number of amides is 3. The van der Waals surface area contributed by atoms with Gasteiger partial charge >= 0.3 is 0 Å². The van der Waals surface area contributed by atoms with Crippen LogP contribution in [0.1, 0.15) is 102 Å². The molecule has 3 rings (SSSR count). The van der Waals surface area contributed by atoms with Crippen molar-refractivity contribution in [2.24, 2.45) is 29.6 Å². The van der Waals surface area contributed by atoms with Crippen LogP contribution in [0.15, 0.2) is 42.7 Å². The van der Waals surface area contributed by atoms with E-state index in [4.69, 9.17) is 4.84 Å². The average Bonchev–Trinajstić information content (AvgIpc) is 3.69. The van der Waals surface area contributed by atoms with Gasteiger partial charge < -0.3 is 4.98 Å². The van der Waals surface area contributed by atoms with Gasteiger partial charge in [-0.25, -0.2) is 10.5 Å². The monoisotopic (exact) mass is 595 g/mol. The minimum atomic E-state index is -0.688. The lowest BCUT2D eigenvalue weighted by Gasteiger charge is -2.31. The highest BCUT2D eigenvalue weighted by Crippen LogP contribution is 2.32. The molecular weight excluding hydrogens is 546 g/mol. The molecule has 2 aromatic rings. The molecule has 0 spiro atoms. The molecule has 3 amide bonds. The molecular formula is C33H49N5O5. The van der Waals surface area contributed by atoms with Gasteiger partial charge in [0.2, 0.25) is 23.5 Å². The number of Topliss-reactive ketones (excluding diaryl/α,β-unsaturated/α-hetero) is 1. The number of hydrogen-bond donors (Lipinski definition) is 3. The Kier molecular flexibility index (Phi) is 13.9. The minimum absolute atomic E-state index is 0.0309. The molecule has 236 valence electrons. The number of aromatic amines is 1. The third-order valence-corrected chi connectivity index (χ3v) is 7.91. The van der Waals surface area contributed by atoms with Gasteiger partial charge in [0.15, 0.2) is 5.82 Å². The first-order valence-electron chi connectivity index (χ1n) is 15.7. The number of hydroxylamine groups is 1. The van der Waals surface area contributed by atoms with Gasteiger partial charge in [0, 0.05) is 18.9 Å². The van der Waals surface area contributed by atoms with Crippen molar-refractivity contribution in [3.63, 3.8) is 0 Å². The summed E-state index contributed by atoms with van der Waals surface area (Å²) in [4.78, 5) is 65.6. The lowest BCUT2D eigenvalue weighted by atomic mass is 9.80. The van der Waals surface area contributed by atoms with Gasteiger partial charge in [-0.15, -0.1) is 0 Å². The number of nitrogens with one attached hydrogen (secondary N) is 3. The van der Waals surface area contributed by atoms with E-state index in [1.54, 1.807) is 0 Å². The fourth-order valence-corrected chi connectivity index (χ4v) is 5.77. The van der Waals surface area contributed by atoms with Crippen molar-refractivity contribution in [2.45, 2.75) is 92.1 Å². The predicted molar refractivity (Wildman–Crippen MR) is 164 cm³/mol. The van der Waals surface area contributed by atoms with Gasteiger partial charge in [-0.05, 0) is 36.2 Å². The van der Waals surface area contributed by atoms with Crippen LogP contribution < -0.4 is 10.9 Å². The number of nitrogens with zero attached hydrogens (tertiary/aromatic N) is 2. The van der Waals surface area contributed by atoms with E-state index in [9.17, 15) is 19.2 Å². The Morgan fingerprint density at radius 3 is 2.35 bits per heavy atom. The number of rotatable bonds is 17. The number of benzene rings is 1. The molecule has 1 aliphatic carbocycles. The lowest BCUT2D eigenvalue weighted by molar-refractivity contribution is -0.149. The van der Waals surface area contributed by atoms with Crippen molar-refractivity contribution in [1.29, 1.82) is 0 Å². The van der Waals surface area contributed by atoms with Gasteiger partial charge in [-0.3, -0.25) is 34.5 Å². The molecule has 1 saturated carbocycles. The topological polar surface area (TPSA) is 133 Å². The SMILES string of the molecule is CC(C)C[C@@H](C(=O)NN(CC(C)C)C(=O)CC(=O)c1ncc[nH]1)[C@H](CCCC1CCCC1)C(=O)NOCc1ccccc1. The number of hydrazine groups is 1. The van der Waals surface area contributed by atoms with Crippen molar-refractivity contribution in [2.75, 3.05) is 6.54 Å². The van der Waals surface area contributed by atoms with Crippen LogP contribution in [0, 0.1) is 29.6 Å². The zero-order valence-electron chi connectivity index (χ0n) is 26.1. The summed E-state index contributed by atoms with van der Waals surface area (Å²) in [6.07, 6.45) is 10.3. The summed E-state index contributed by atoms with van der Waals surface area (Å²) in [7, 11) is 0. The van der Waals surface area contributed by atoms with Gasteiger partial charge in [0.25, 0.3) is 0 Å². The molecule has 0 aliphatic heterocycles. The van der Waals surface area contributed by atoms with E-state index >= 15 is 0 Å². The number of carbonyl (C=O) groups excluding carboxylic acids is 4. The van der Waals surface area contributed by atoms with Gasteiger partial charge in [0.1, 0.15) is 0 Å². The number of aromatic nitrogens is 2. The van der Waals surface area contributed by atoms with Crippen molar-refractivity contribution < 1.29 is 24.0 Å². The number of H-pyrrole nitrogens is 1. The first-order chi connectivity index (χ1) is 20.6. The number of ketones is 1. The van der Waals surface area contributed by atoms with E-state index < -0.39 is 35.9 Å². The van der Waals surface area contributed by atoms with Crippen LogP contribution in [0.2, 0.25) is 0 Å². The first kappa shape index (κ1) is 34.0. The highest BCUT2D eigenvalue weighted by molar-refractivity contribution is 6.05. The third kappa shape index (κ3) is 11.6. The minimum Gasteiger partial charge on any atom is -0.342 e. The van der Waals surface area contributed by atoms with E-state index in [1.165, 1.54) is 43.1 Å². The molecule has 0 radical (unpaired) electrons.